The maximum absolute atomic E-state index is 13.4. The van der Waals surface area contributed by atoms with Crippen molar-refractivity contribution in [3.8, 4) is 11.4 Å². The highest BCUT2D eigenvalue weighted by molar-refractivity contribution is 6.07. The van der Waals surface area contributed by atoms with Crippen molar-refractivity contribution in [2.75, 3.05) is 23.8 Å². The number of aryl methyl sites for hydroxylation is 1. The smallest absolute Gasteiger partial charge is 0.324 e. The maximum atomic E-state index is 13.4. The SMILES string of the molecule is Cc1ccc(-n2nc(C(C)(C)C)cc2NC(=O)Nc2ccc(OCCN3C=COC(C4=CC=CCC4)=C3)c3ccccc23)cc1. The van der Waals surface area contributed by atoms with Gasteiger partial charge in [0.2, 0.25) is 0 Å². The molecular formula is C37H39N5O3. The molecule has 0 spiro atoms. The van der Waals surface area contributed by atoms with Gasteiger partial charge in [0.15, 0.2) is 0 Å². The Morgan fingerprint density at radius 2 is 1.82 bits per heavy atom. The third-order valence-corrected chi connectivity index (χ3v) is 7.80. The number of amides is 2. The summed E-state index contributed by atoms with van der Waals surface area (Å²) in [5.41, 5.74) is 4.61. The molecule has 0 fully saturated rings. The molecule has 0 bridgehead atoms. The topological polar surface area (TPSA) is 80.7 Å². The number of anilines is 2. The van der Waals surface area contributed by atoms with Gasteiger partial charge in [0.05, 0.1) is 23.6 Å². The number of carbonyl (C=O) groups is 1. The van der Waals surface area contributed by atoms with Gasteiger partial charge < -0.3 is 19.7 Å². The molecule has 0 saturated carbocycles. The van der Waals surface area contributed by atoms with Crippen LogP contribution >= 0.6 is 0 Å². The Labute approximate surface area is 264 Å². The molecule has 0 atom stereocenters. The highest BCUT2D eigenvalue weighted by Crippen LogP contribution is 2.33. The normalized spacial score (nSPS) is 14.5. The van der Waals surface area contributed by atoms with Crippen LogP contribution in [0.3, 0.4) is 0 Å². The van der Waals surface area contributed by atoms with Crippen LogP contribution in [0.15, 0.2) is 115 Å². The highest BCUT2D eigenvalue weighted by Gasteiger charge is 2.22. The van der Waals surface area contributed by atoms with Crippen LogP contribution in [0.4, 0.5) is 16.3 Å². The van der Waals surface area contributed by atoms with Gasteiger partial charge in [-0.25, -0.2) is 9.48 Å². The summed E-state index contributed by atoms with van der Waals surface area (Å²) in [5.74, 6) is 2.22. The molecular weight excluding hydrogens is 562 g/mol. The first kappa shape index (κ1) is 29.8. The van der Waals surface area contributed by atoms with E-state index in [9.17, 15) is 4.79 Å². The Hall–Kier alpha value is -5.24. The van der Waals surface area contributed by atoms with E-state index in [0.29, 0.717) is 24.7 Å². The van der Waals surface area contributed by atoms with Crippen molar-refractivity contribution in [2.24, 2.45) is 0 Å². The largest absolute Gasteiger partial charge is 0.491 e. The van der Waals surface area contributed by atoms with Gasteiger partial charge in [-0.05, 0) is 49.6 Å². The molecule has 0 radical (unpaired) electrons. The Balaban J connectivity index is 1.15. The zero-order chi connectivity index (χ0) is 31.4. The average Bonchev–Trinajstić information content (AvgIpc) is 3.47. The van der Waals surface area contributed by atoms with E-state index in [0.717, 1.165) is 52.1 Å². The van der Waals surface area contributed by atoms with E-state index in [4.69, 9.17) is 14.6 Å². The lowest BCUT2D eigenvalue weighted by Crippen LogP contribution is -2.22. The number of aromatic nitrogens is 2. The van der Waals surface area contributed by atoms with Gasteiger partial charge in [-0.3, -0.25) is 5.32 Å². The minimum atomic E-state index is -0.354. The second-order valence-corrected chi connectivity index (χ2v) is 12.3. The Bertz CT molecular complexity index is 1820. The Morgan fingerprint density at radius 3 is 2.58 bits per heavy atom. The van der Waals surface area contributed by atoms with E-state index < -0.39 is 0 Å². The molecule has 8 nitrogen and oxygen atoms in total. The third-order valence-electron chi connectivity index (χ3n) is 7.80. The molecule has 0 unspecified atom stereocenters. The number of hydrogen-bond donors (Lipinski definition) is 2. The molecule has 0 saturated heterocycles. The van der Waals surface area contributed by atoms with Gasteiger partial charge in [-0.2, -0.15) is 5.10 Å². The van der Waals surface area contributed by atoms with Crippen LogP contribution in [-0.4, -0.2) is 33.9 Å². The fraction of sp³-hybridized carbons (Fsp3) is 0.243. The van der Waals surface area contributed by atoms with E-state index in [1.807, 2.05) is 86.1 Å². The second kappa shape index (κ2) is 12.8. The Morgan fingerprint density at radius 1 is 1.02 bits per heavy atom. The van der Waals surface area contributed by atoms with Crippen LogP contribution in [0, 0.1) is 6.92 Å². The number of fused-ring (bicyclic) bond motifs is 1. The minimum Gasteiger partial charge on any atom is -0.491 e. The van der Waals surface area contributed by atoms with Crippen LogP contribution < -0.4 is 15.4 Å². The van der Waals surface area contributed by atoms with Gasteiger partial charge in [-0.15, -0.1) is 0 Å². The molecule has 2 N–H and O–H groups in total. The number of benzene rings is 3. The molecule has 2 heterocycles. The second-order valence-electron chi connectivity index (χ2n) is 12.3. The van der Waals surface area contributed by atoms with Crippen LogP contribution in [0.2, 0.25) is 0 Å². The monoisotopic (exact) mass is 601 g/mol. The summed E-state index contributed by atoms with van der Waals surface area (Å²) in [6.07, 6.45) is 14.0. The molecule has 1 aliphatic heterocycles. The lowest BCUT2D eigenvalue weighted by Gasteiger charge is -2.23. The molecule has 2 aliphatic rings. The van der Waals surface area contributed by atoms with Gasteiger partial charge in [0, 0.05) is 34.7 Å². The first-order chi connectivity index (χ1) is 21.7. The molecule has 1 aromatic heterocycles. The minimum absolute atomic E-state index is 0.184. The van der Waals surface area contributed by atoms with Crippen LogP contribution in [0.5, 0.6) is 5.75 Å². The molecule has 1 aliphatic carbocycles. The summed E-state index contributed by atoms with van der Waals surface area (Å²) in [5, 5.41) is 12.7. The summed E-state index contributed by atoms with van der Waals surface area (Å²) in [7, 11) is 0. The van der Waals surface area contributed by atoms with Gasteiger partial charge in [0.25, 0.3) is 0 Å². The number of carbonyl (C=O) groups excluding carboxylic acids is 1. The third kappa shape index (κ3) is 6.96. The number of hydrogen-bond acceptors (Lipinski definition) is 5. The molecule has 8 heteroatoms. The van der Waals surface area contributed by atoms with E-state index in [1.165, 1.54) is 5.57 Å². The fourth-order valence-electron chi connectivity index (χ4n) is 5.27. The van der Waals surface area contributed by atoms with Crippen molar-refractivity contribution < 1.29 is 14.3 Å². The molecule has 230 valence electrons. The van der Waals surface area contributed by atoms with Gasteiger partial charge in [-0.1, -0.05) is 81.0 Å². The fourth-order valence-corrected chi connectivity index (χ4v) is 5.27. The zero-order valence-electron chi connectivity index (χ0n) is 26.2. The summed E-state index contributed by atoms with van der Waals surface area (Å²) in [6, 6.07) is 21.3. The van der Waals surface area contributed by atoms with Crippen molar-refractivity contribution in [3.05, 3.63) is 126 Å². The number of rotatable bonds is 8. The van der Waals surface area contributed by atoms with E-state index >= 15 is 0 Å². The molecule has 4 aromatic rings. The van der Waals surface area contributed by atoms with Crippen LogP contribution in [0.25, 0.3) is 16.5 Å². The number of allylic oxidation sites excluding steroid dienone is 4. The predicted molar refractivity (Wildman–Crippen MR) is 181 cm³/mol. The molecule has 45 heavy (non-hydrogen) atoms. The van der Waals surface area contributed by atoms with Gasteiger partial charge >= 0.3 is 6.03 Å². The van der Waals surface area contributed by atoms with Crippen molar-refractivity contribution >= 4 is 28.3 Å². The van der Waals surface area contributed by atoms with E-state index in [2.05, 4.69) is 54.5 Å². The Kier molecular flexibility index (Phi) is 8.47. The lowest BCUT2D eigenvalue weighted by atomic mass is 9.92. The van der Waals surface area contributed by atoms with Crippen LogP contribution in [0.1, 0.15) is 44.9 Å². The lowest BCUT2D eigenvalue weighted by molar-refractivity contribution is 0.260. The number of nitrogens with one attached hydrogen (secondary N) is 2. The van der Waals surface area contributed by atoms with E-state index in [1.54, 1.807) is 10.9 Å². The van der Waals surface area contributed by atoms with Crippen LogP contribution in [-0.2, 0) is 10.2 Å². The first-order valence-corrected chi connectivity index (χ1v) is 15.3. The quantitative estimate of drug-likeness (QED) is 0.211. The molecule has 6 rings (SSSR count). The maximum Gasteiger partial charge on any atom is 0.324 e. The summed E-state index contributed by atoms with van der Waals surface area (Å²) >= 11 is 0. The number of nitrogens with zero attached hydrogens (tertiary/aromatic N) is 3. The predicted octanol–water partition coefficient (Wildman–Crippen LogP) is 8.58. The summed E-state index contributed by atoms with van der Waals surface area (Å²) in [6.45, 7) is 9.49. The van der Waals surface area contributed by atoms with E-state index in [-0.39, 0.29) is 11.4 Å². The van der Waals surface area contributed by atoms with Crippen molar-refractivity contribution in [3.63, 3.8) is 0 Å². The van der Waals surface area contributed by atoms with Crippen molar-refractivity contribution in [1.82, 2.24) is 14.7 Å². The van der Waals surface area contributed by atoms with Crippen molar-refractivity contribution in [2.45, 2.75) is 46.0 Å². The molecule has 3 aromatic carbocycles. The summed E-state index contributed by atoms with van der Waals surface area (Å²) < 4.78 is 13.8. The van der Waals surface area contributed by atoms with Gasteiger partial charge in [0.1, 0.15) is 30.2 Å². The number of ether oxygens (including phenoxy) is 2. The number of urea groups is 1. The standard InChI is InChI=1S/C37H39N5O3/c1-26-14-16-28(17-15-26)42-35(24-34(40-42)37(2,3)4)39-36(43)38-31-18-19-32(30-13-9-8-12-29(30)31)44-22-20-41-21-23-45-33(25-41)27-10-6-5-7-11-27/h5-6,8-10,12-19,21,23-25H,7,11,20,22H2,1-4H3,(H2,38,39,43). The molecule has 2 amide bonds. The highest BCUT2D eigenvalue weighted by atomic mass is 16.5. The zero-order valence-corrected chi connectivity index (χ0v) is 26.2. The summed E-state index contributed by atoms with van der Waals surface area (Å²) in [4.78, 5) is 15.4. The first-order valence-electron chi connectivity index (χ1n) is 15.3. The average molecular weight is 602 g/mol. The van der Waals surface area contributed by atoms with Crippen molar-refractivity contribution in [1.29, 1.82) is 0 Å².